The van der Waals surface area contributed by atoms with E-state index in [4.69, 9.17) is 10.8 Å². The van der Waals surface area contributed by atoms with Crippen molar-refractivity contribution >= 4 is 17.6 Å². The number of nitrogens with zero attached hydrogens (tertiary/aromatic N) is 2. The summed E-state index contributed by atoms with van der Waals surface area (Å²) in [6, 6.07) is 5.29. The van der Waals surface area contributed by atoms with E-state index in [0.29, 0.717) is 37.4 Å². The number of aliphatic carboxylic acids is 1. The summed E-state index contributed by atoms with van der Waals surface area (Å²) in [6.07, 6.45) is 0.785. The fourth-order valence-corrected chi connectivity index (χ4v) is 2.51. The number of hydrogen-bond acceptors (Lipinski definition) is 4. The number of nitrogens with two attached hydrogens (primary N) is 1. The van der Waals surface area contributed by atoms with Crippen molar-refractivity contribution in [2.75, 3.05) is 38.5 Å². The Bertz CT molecular complexity index is 545. The molecule has 2 rings (SSSR count). The second-order valence-electron chi connectivity index (χ2n) is 5.39. The highest BCUT2D eigenvalue weighted by Gasteiger charge is 2.21. The molecule has 0 radical (unpaired) electrons. The van der Waals surface area contributed by atoms with Crippen LogP contribution in [0, 0.1) is 6.92 Å². The largest absolute Gasteiger partial charge is 0.480 e. The van der Waals surface area contributed by atoms with Crippen LogP contribution in [-0.2, 0) is 4.79 Å². The quantitative estimate of drug-likeness (QED) is 0.805. The first-order valence-corrected chi connectivity index (χ1v) is 7.07. The lowest BCUT2D eigenvalue weighted by Crippen LogP contribution is -2.36. The first kappa shape index (κ1) is 15.3. The summed E-state index contributed by atoms with van der Waals surface area (Å²) in [5, 5.41) is 8.83. The third-order valence-corrected chi connectivity index (χ3v) is 3.75. The molecule has 6 heteroatoms. The van der Waals surface area contributed by atoms with E-state index in [1.54, 1.807) is 23.1 Å². The van der Waals surface area contributed by atoms with Crippen LogP contribution < -0.4 is 5.73 Å². The fourth-order valence-electron chi connectivity index (χ4n) is 2.51. The highest BCUT2D eigenvalue weighted by molar-refractivity contribution is 5.94. The summed E-state index contributed by atoms with van der Waals surface area (Å²) >= 11 is 0. The van der Waals surface area contributed by atoms with Crippen LogP contribution in [0.25, 0.3) is 0 Å². The van der Waals surface area contributed by atoms with Crippen molar-refractivity contribution in [3.63, 3.8) is 0 Å². The molecular formula is C15H21N3O3. The Hall–Kier alpha value is -2.08. The van der Waals surface area contributed by atoms with Gasteiger partial charge < -0.3 is 15.7 Å². The molecule has 1 aromatic rings. The van der Waals surface area contributed by atoms with Crippen molar-refractivity contribution in [3.05, 3.63) is 29.3 Å². The Morgan fingerprint density at radius 2 is 2.00 bits per heavy atom. The van der Waals surface area contributed by atoms with E-state index in [9.17, 15) is 9.59 Å². The van der Waals surface area contributed by atoms with Gasteiger partial charge in [0.25, 0.3) is 5.91 Å². The number of carbonyl (C=O) groups excluding carboxylic acids is 1. The van der Waals surface area contributed by atoms with Gasteiger partial charge in [0.05, 0.1) is 6.54 Å². The van der Waals surface area contributed by atoms with E-state index < -0.39 is 5.97 Å². The Labute approximate surface area is 124 Å². The van der Waals surface area contributed by atoms with Gasteiger partial charge in [0.2, 0.25) is 0 Å². The van der Waals surface area contributed by atoms with Crippen LogP contribution in [0.1, 0.15) is 22.3 Å². The second kappa shape index (κ2) is 6.58. The molecule has 0 spiro atoms. The normalized spacial score (nSPS) is 16.5. The van der Waals surface area contributed by atoms with E-state index in [-0.39, 0.29) is 12.5 Å². The first-order valence-electron chi connectivity index (χ1n) is 7.07. The van der Waals surface area contributed by atoms with Gasteiger partial charge in [0.15, 0.2) is 0 Å². The average Bonchev–Trinajstić information content (AvgIpc) is 2.66. The Kier molecular flexibility index (Phi) is 4.80. The molecule has 114 valence electrons. The summed E-state index contributed by atoms with van der Waals surface area (Å²) in [4.78, 5) is 26.9. The molecule has 0 aromatic heterocycles. The van der Waals surface area contributed by atoms with Gasteiger partial charge in [0.1, 0.15) is 0 Å². The predicted molar refractivity (Wildman–Crippen MR) is 80.2 cm³/mol. The van der Waals surface area contributed by atoms with Crippen LogP contribution in [-0.4, -0.2) is 59.5 Å². The monoisotopic (exact) mass is 291 g/mol. The molecule has 3 N–H and O–H groups in total. The van der Waals surface area contributed by atoms with Crippen molar-refractivity contribution in [1.82, 2.24) is 9.80 Å². The smallest absolute Gasteiger partial charge is 0.317 e. The molecule has 1 fully saturated rings. The highest BCUT2D eigenvalue weighted by Crippen LogP contribution is 2.15. The third kappa shape index (κ3) is 3.95. The summed E-state index contributed by atoms with van der Waals surface area (Å²) in [6.45, 7) is 4.41. The maximum atomic E-state index is 12.5. The minimum absolute atomic E-state index is 0.0183. The molecule has 0 unspecified atom stereocenters. The van der Waals surface area contributed by atoms with Crippen LogP contribution in [0.15, 0.2) is 18.2 Å². The van der Waals surface area contributed by atoms with E-state index in [1.807, 2.05) is 11.8 Å². The summed E-state index contributed by atoms with van der Waals surface area (Å²) in [7, 11) is 0. The van der Waals surface area contributed by atoms with Crippen LogP contribution in [0.5, 0.6) is 0 Å². The van der Waals surface area contributed by atoms with E-state index >= 15 is 0 Å². The van der Waals surface area contributed by atoms with Gasteiger partial charge in [-0.25, -0.2) is 0 Å². The predicted octanol–water partition coefficient (Wildman–Crippen LogP) is 0.810. The third-order valence-electron chi connectivity index (χ3n) is 3.75. The lowest BCUT2D eigenvalue weighted by molar-refractivity contribution is -0.138. The number of carbonyl (C=O) groups is 2. The molecule has 0 atom stereocenters. The average molecular weight is 291 g/mol. The molecule has 1 aliphatic rings. The minimum Gasteiger partial charge on any atom is -0.480 e. The SMILES string of the molecule is Cc1cc(C(=O)N2CCCN(CC(=O)O)CC2)ccc1N. The molecule has 0 saturated carbocycles. The minimum atomic E-state index is -0.830. The zero-order chi connectivity index (χ0) is 15.4. The van der Waals surface area contributed by atoms with Crippen LogP contribution in [0.4, 0.5) is 5.69 Å². The number of carboxylic acids is 1. The van der Waals surface area contributed by atoms with Gasteiger partial charge in [-0.2, -0.15) is 0 Å². The Morgan fingerprint density at radius 3 is 2.67 bits per heavy atom. The van der Waals surface area contributed by atoms with E-state index in [2.05, 4.69) is 0 Å². The number of amides is 1. The molecular weight excluding hydrogens is 270 g/mol. The lowest BCUT2D eigenvalue weighted by atomic mass is 10.1. The summed E-state index contributed by atoms with van der Waals surface area (Å²) in [5.74, 6) is -0.848. The van der Waals surface area contributed by atoms with Gasteiger partial charge in [-0.05, 0) is 37.1 Å². The molecule has 1 aromatic carbocycles. The maximum absolute atomic E-state index is 12.5. The Balaban J connectivity index is 2.02. The van der Waals surface area contributed by atoms with Gasteiger partial charge in [-0.3, -0.25) is 14.5 Å². The number of anilines is 1. The fraction of sp³-hybridized carbons (Fsp3) is 0.467. The van der Waals surface area contributed by atoms with Crippen LogP contribution >= 0.6 is 0 Å². The van der Waals surface area contributed by atoms with E-state index in [1.165, 1.54) is 0 Å². The van der Waals surface area contributed by atoms with Crippen molar-refractivity contribution in [2.24, 2.45) is 0 Å². The zero-order valence-corrected chi connectivity index (χ0v) is 12.2. The number of rotatable bonds is 3. The number of hydrogen-bond donors (Lipinski definition) is 2. The van der Waals surface area contributed by atoms with Gasteiger partial charge in [-0.15, -0.1) is 0 Å². The number of nitrogen functional groups attached to an aromatic ring is 1. The molecule has 1 saturated heterocycles. The van der Waals surface area contributed by atoms with Crippen molar-refractivity contribution in [1.29, 1.82) is 0 Å². The number of benzene rings is 1. The van der Waals surface area contributed by atoms with E-state index in [0.717, 1.165) is 12.0 Å². The number of aryl methyl sites for hydroxylation is 1. The van der Waals surface area contributed by atoms with Crippen LogP contribution in [0.3, 0.4) is 0 Å². The Morgan fingerprint density at radius 1 is 1.24 bits per heavy atom. The zero-order valence-electron chi connectivity index (χ0n) is 12.2. The van der Waals surface area contributed by atoms with Crippen LogP contribution in [0.2, 0.25) is 0 Å². The molecule has 0 bridgehead atoms. The van der Waals surface area contributed by atoms with Gasteiger partial charge in [-0.1, -0.05) is 0 Å². The summed E-state index contributed by atoms with van der Waals surface area (Å²) in [5.41, 5.74) is 7.97. The maximum Gasteiger partial charge on any atom is 0.317 e. The molecule has 0 aliphatic carbocycles. The topological polar surface area (TPSA) is 86.9 Å². The summed E-state index contributed by atoms with van der Waals surface area (Å²) < 4.78 is 0. The van der Waals surface area contributed by atoms with Crippen molar-refractivity contribution in [3.8, 4) is 0 Å². The van der Waals surface area contributed by atoms with Crippen molar-refractivity contribution < 1.29 is 14.7 Å². The number of carboxylic acid groups (broad SMARTS) is 1. The molecule has 1 amide bonds. The molecule has 1 heterocycles. The molecule has 21 heavy (non-hydrogen) atoms. The lowest BCUT2D eigenvalue weighted by Gasteiger charge is -2.21. The second-order valence-corrected chi connectivity index (χ2v) is 5.39. The van der Waals surface area contributed by atoms with Crippen molar-refractivity contribution in [2.45, 2.75) is 13.3 Å². The highest BCUT2D eigenvalue weighted by atomic mass is 16.4. The first-order chi connectivity index (χ1) is 9.97. The molecule has 6 nitrogen and oxygen atoms in total. The molecule has 1 aliphatic heterocycles. The van der Waals surface area contributed by atoms with Gasteiger partial charge in [0, 0.05) is 37.4 Å². The standard InChI is InChI=1S/C15H21N3O3/c1-11-9-12(3-4-13(11)16)15(21)18-6-2-5-17(7-8-18)10-14(19)20/h3-4,9H,2,5-8,10,16H2,1H3,(H,19,20). The van der Waals surface area contributed by atoms with Gasteiger partial charge >= 0.3 is 5.97 Å².